The number of β-lactam (4-membered cyclic amide) rings is 1. The third kappa shape index (κ3) is 5.79. The molecule has 4 N–H and O–H groups in total. The molecule has 2 aliphatic rings. The van der Waals surface area contributed by atoms with Crippen LogP contribution in [-0.2, 0) is 33.5 Å². The van der Waals surface area contributed by atoms with Crippen molar-refractivity contribution in [1.29, 1.82) is 0 Å². The molecule has 1 saturated heterocycles. The summed E-state index contributed by atoms with van der Waals surface area (Å²) in [6.45, 7) is 4.42. The van der Waals surface area contributed by atoms with Crippen LogP contribution < -0.4 is 11.1 Å². The summed E-state index contributed by atoms with van der Waals surface area (Å²) in [6.07, 6.45) is 0. The first-order valence-corrected chi connectivity index (χ1v) is 12.2. The van der Waals surface area contributed by atoms with E-state index in [1.807, 2.05) is 0 Å². The molecule has 1 aromatic heterocycles. The third-order valence-electron chi connectivity index (χ3n) is 4.47. The number of nitrogens with one attached hydrogen (secondary N) is 1. The van der Waals surface area contributed by atoms with Gasteiger partial charge in [-0.1, -0.05) is 28.1 Å². The second-order valence-electron chi connectivity index (χ2n) is 8.12. The molecule has 1 unspecified atom stereocenters. The Kier molecular flexibility index (Phi) is 7.81. The van der Waals surface area contributed by atoms with Gasteiger partial charge in [0.1, 0.15) is 32.8 Å². The van der Waals surface area contributed by atoms with E-state index in [9.17, 15) is 24.3 Å². The number of ether oxygens (including phenoxy) is 2. The monoisotopic (exact) mass is 547 g/mol. The number of hydrogen-bond donors (Lipinski definition) is 3. The molecule has 1 aromatic rings. The minimum absolute atomic E-state index is 0.0340. The molecule has 0 radical (unpaired) electrons. The van der Waals surface area contributed by atoms with Crippen molar-refractivity contribution in [2.24, 2.45) is 5.16 Å². The van der Waals surface area contributed by atoms with Crippen molar-refractivity contribution in [1.82, 2.24) is 15.2 Å². The van der Waals surface area contributed by atoms with Crippen molar-refractivity contribution in [2.45, 2.75) is 37.8 Å². The first kappa shape index (κ1) is 26.6. The highest BCUT2D eigenvalue weighted by Gasteiger charge is 2.55. The number of carbonyl (C=O) groups excluding carboxylic acids is 3. The van der Waals surface area contributed by atoms with Gasteiger partial charge >= 0.3 is 11.9 Å². The Balaban J connectivity index is 1.79. The lowest BCUT2D eigenvalue weighted by Crippen LogP contribution is -2.71. The second-order valence-corrected chi connectivity index (χ2v) is 10.9. The fourth-order valence-electron chi connectivity index (χ4n) is 3.13. The van der Waals surface area contributed by atoms with E-state index in [1.54, 1.807) is 20.8 Å². The smallest absolute Gasteiger partial charge is 0.356 e. The number of fused-ring (bicyclic) bond motifs is 1. The number of thioether (sulfide) groups is 1. The number of oxime groups is 1. The molecule has 190 valence electrons. The molecule has 3 heterocycles. The highest BCUT2D eigenvalue weighted by Crippen LogP contribution is 2.40. The Morgan fingerprint density at radius 3 is 2.60 bits per heavy atom. The fraction of sp³-hybridized carbons (Fsp3) is 0.474. The van der Waals surface area contributed by atoms with Crippen molar-refractivity contribution in [3.63, 3.8) is 0 Å². The molecular formula is C19H22ClN5O8S2. The predicted octanol–water partition coefficient (Wildman–Crippen LogP) is 0.784. The molecule has 0 aliphatic carbocycles. The van der Waals surface area contributed by atoms with Gasteiger partial charge in [0.25, 0.3) is 11.8 Å². The van der Waals surface area contributed by atoms with Crippen molar-refractivity contribution >= 4 is 69.3 Å². The summed E-state index contributed by atoms with van der Waals surface area (Å²) in [4.78, 5) is 59.4. The Bertz CT molecular complexity index is 1130. The number of amides is 2. The number of esters is 1. The number of carbonyl (C=O) groups is 4. The van der Waals surface area contributed by atoms with E-state index in [4.69, 9.17) is 31.6 Å². The first-order chi connectivity index (χ1) is 16.3. The summed E-state index contributed by atoms with van der Waals surface area (Å²) in [5.41, 5.74) is 4.10. The van der Waals surface area contributed by atoms with Crippen LogP contribution in [0.1, 0.15) is 26.5 Å². The van der Waals surface area contributed by atoms with Crippen LogP contribution in [-0.4, -0.2) is 80.9 Å². The van der Waals surface area contributed by atoms with Crippen molar-refractivity contribution in [3.8, 4) is 0 Å². The number of methoxy groups -OCH3 is 1. The van der Waals surface area contributed by atoms with E-state index >= 15 is 0 Å². The predicted molar refractivity (Wildman–Crippen MR) is 127 cm³/mol. The number of anilines is 1. The number of carboxylic acid groups (broad SMARTS) is 1. The molecule has 2 aliphatic heterocycles. The molecule has 0 saturated carbocycles. The number of nitrogens with zero attached hydrogens (tertiary/aromatic N) is 3. The largest absolute Gasteiger partial charge is 0.498 e. The third-order valence-corrected chi connectivity index (χ3v) is 6.81. The average Bonchev–Trinajstić information content (AvgIpc) is 3.09. The SMILES string of the molecule is COC1=C(C(=O)O)N2C(=O)C(NC(=O)C(=NOCC(=O)OC(C)(C)C)c3nc(N)sc3Cl)[C@@H]2SC1. The number of aromatic nitrogens is 1. The molecule has 13 nitrogen and oxygen atoms in total. The molecule has 2 atom stereocenters. The maximum atomic E-state index is 13.1. The van der Waals surface area contributed by atoms with Gasteiger partial charge in [-0.15, -0.1) is 11.8 Å². The number of nitrogens with two attached hydrogens (primary N) is 1. The lowest BCUT2D eigenvalue weighted by atomic mass is 10.0. The molecular weight excluding hydrogens is 526 g/mol. The minimum atomic E-state index is -1.33. The maximum absolute atomic E-state index is 13.1. The van der Waals surface area contributed by atoms with E-state index < -0.39 is 53.1 Å². The van der Waals surface area contributed by atoms with Crippen molar-refractivity contribution in [2.75, 3.05) is 25.2 Å². The Morgan fingerprint density at radius 1 is 1.37 bits per heavy atom. The van der Waals surface area contributed by atoms with Crippen LogP contribution in [0.3, 0.4) is 0 Å². The maximum Gasteiger partial charge on any atom is 0.356 e. The van der Waals surface area contributed by atoms with E-state index in [-0.39, 0.29) is 32.4 Å². The Labute approximate surface area is 212 Å². The van der Waals surface area contributed by atoms with Gasteiger partial charge in [-0.25, -0.2) is 14.6 Å². The number of rotatable bonds is 8. The van der Waals surface area contributed by atoms with Gasteiger partial charge < -0.3 is 30.5 Å². The topological polar surface area (TPSA) is 183 Å². The van der Waals surface area contributed by atoms with Gasteiger partial charge in [0.15, 0.2) is 16.5 Å². The van der Waals surface area contributed by atoms with Crippen LogP contribution >= 0.6 is 34.7 Å². The van der Waals surface area contributed by atoms with Crippen LogP contribution in [0.2, 0.25) is 4.34 Å². The highest BCUT2D eigenvalue weighted by molar-refractivity contribution is 8.00. The fourth-order valence-corrected chi connectivity index (χ4v) is 5.37. The minimum Gasteiger partial charge on any atom is -0.498 e. The van der Waals surface area contributed by atoms with E-state index in [0.29, 0.717) is 0 Å². The van der Waals surface area contributed by atoms with E-state index in [0.717, 1.165) is 16.2 Å². The first-order valence-electron chi connectivity index (χ1n) is 9.94. The summed E-state index contributed by atoms with van der Waals surface area (Å²) >= 11 is 8.23. The van der Waals surface area contributed by atoms with Crippen LogP contribution in [0, 0.1) is 0 Å². The van der Waals surface area contributed by atoms with Gasteiger partial charge in [0.05, 0.1) is 12.9 Å². The quantitative estimate of drug-likeness (QED) is 0.181. The van der Waals surface area contributed by atoms with E-state index in [1.165, 1.54) is 18.9 Å². The lowest BCUT2D eigenvalue weighted by molar-refractivity contribution is -0.160. The zero-order chi connectivity index (χ0) is 26.1. The summed E-state index contributed by atoms with van der Waals surface area (Å²) < 4.78 is 10.2. The molecule has 2 amide bonds. The Morgan fingerprint density at radius 2 is 2.06 bits per heavy atom. The normalized spacial score (nSPS) is 20.1. The highest BCUT2D eigenvalue weighted by atomic mass is 35.5. The number of thiazole rings is 1. The van der Waals surface area contributed by atoms with Gasteiger partial charge in [-0.3, -0.25) is 14.5 Å². The lowest BCUT2D eigenvalue weighted by Gasteiger charge is -2.48. The number of aliphatic carboxylic acids is 1. The molecule has 0 bridgehead atoms. The zero-order valence-electron chi connectivity index (χ0n) is 19.0. The molecule has 3 rings (SSSR count). The van der Waals surface area contributed by atoms with Crippen LogP contribution in [0.25, 0.3) is 0 Å². The summed E-state index contributed by atoms with van der Waals surface area (Å²) in [5, 5.41) is 15.1. The van der Waals surface area contributed by atoms with Crippen LogP contribution in [0.5, 0.6) is 0 Å². The van der Waals surface area contributed by atoms with Crippen LogP contribution in [0.4, 0.5) is 5.13 Å². The van der Waals surface area contributed by atoms with Crippen LogP contribution in [0.15, 0.2) is 16.6 Å². The van der Waals surface area contributed by atoms with Crippen molar-refractivity contribution in [3.05, 3.63) is 21.5 Å². The summed E-state index contributed by atoms with van der Waals surface area (Å²) in [7, 11) is 1.31. The molecule has 35 heavy (non-hydrogen) atoms. The standard InChI is InChI=1S/C19H22ClN5O8S2/c1-19(2,3)33-8(26)5-32-24-10(9-13(20)35-18(21)23-9)14(27)22-11-15(28)25-12(17(29)30)7(31-4)6-34-16(11)25/h11,16H,5-6H2,1-4H3,(H2,21,23)(H,22,27)(H,29,30)/t11?,16-/m0/s1. The molecule has 16 heteroatoms. The zero-order valence-corrected chi connectivity index (χ0v) is 21.4. The van der Waals surface area contributed by atoms with Gasteiger partial charge in [0, 0.05) is 0 Å². The number of halogens is 1. The molecule has 0 aromatic carbocycles. The number of carboxylic acids is 1. The summed E-state index contributed by atoms with van der Waals surface area (Å²) in [5.74, 6) is -3.27. The van der Waals surface area contributed by atoms with Gasteiger partial charge in [0.2, 0.25) is 6.61 Å². The van der Waals surface area contributed by atoms with Gasteiger partial charge in [-0.05, 0) is 20.8 Å². The second kappa shape index (κ2) is 10.3. The van der Waals surface area contributed by atoms with Gasteiger partial charge in [-0.2, -0.15) is 0 Å². The summed E-state index contributed by atoms with van der Waals surface area (Å²) in [6, 6.07) is -1.06. The molecule has 0 spiro atoms. The number of nitrogen functional groups attached to an aromatic ring is 1. The van der Waals surface area contributed by atoms with Crippen molar-refractivity contribution < 1.29 is 38.6 Å². The Hall–Kier alpha value is -3.04. The molecule has 1 fully saturated rings. The average molecular weight is 548 g/mol. The number of hydrogen-bond acceptors (Lipinski definition) is 12. The van der Waals surface area contributed by atoms with E-state index in [2.05, 4.69) is 15.5 Å².